The van der Waals surface area contributed by atoms with Crippen LogP contribution in [0.5, 0.6) is 0 Å². The van der Waals surface area contributed by atoms with Gasteiger partial charge < -0.3 is 14.3 Å². The van der Waals surface area contributed by atoms with Gasteiger partial charge in [-0.05, 0) is 38.0 Å². The summed E-state index contributed by atoms with van der Waals surface area (Å²) in [5.74, 6) is 1.78. The van der Waals surface area contributed by atoms with Crippen molar-refractivity contribution in [2.24, 2.45) is 11.8 Å². The van der Waals surface area contributed by atoms with Crippen LogP contribution in [0.3, 0.4) is 0 Å². The van der Waals surface area contributed by atoms with E-state index in [-0.39, 0.29) is 5.92 Å². The molecule has 2 aliphatic rings. The van der Waals surface area contributed by atoms with Gasteiger partial charge in [-0.15, -0.1) is 0 Å². The molecule has 0 N–H and O–H groups in total. The third-order valence-corrected chi connectivity index (χ3v) is 6.41. The van der Waals surface area contributed by atoms with Gasteiger partial charge in [0.1, 0.15) is 5.69 Å². The van der Waals surface area contributed by atoms with E-state index in [2.05, 4.69) is 40.9 Å². The standard InChI is InChI=1S/C25H35N3O2/c1-19(2)17-28(24(29)21-13-7-8-14-21)18-22-23(20-11-5-3-6-12-20)26-30-25(22)27-15-9-4-10-16-27/h3,5-6,11-12,19,21H,4,7-10,13-18H2,1-2H3. The summed E-state index contributed by atoms with van der Waals surface area (Å²) in [5.41, 5.74) is 3.00. The van der Waals surface area contributed by atoms with Crippen molar-refractivity contribution >= 4 is 11.8 Å². The molecule has 0 unspecified atom stereocenters. The number of carbonyl (C=O) groups is 1. The van der Waals surface area contributed by atoms with Gasteiger partial charge in [0.05, 0.1) is 12.1 Å². The third-order valence-electron chi connectivity index (χ3n) is 6.41. The van der Waals surface area contributed by atoms with Gasteiger partial charge in [-0.25, -0.2) is 0 Å². The Kier molecular flexibility index (Phi) is 6.76. The number of anilines is 1. The molecule has 4 rings (SSSR count). The van der Waals surface area contributed by atoms with Crippen LogP contribution in [-0.2, 0) is 11.3 Å². The quantitative estimate of drug-likeness (QED) is 0.605. The minimum atomic E-state index is 0.183. The zero-order chi connectivity index (χ0) is 20.9. The molecule has 1 aromatic heterocycles. The maximum absolute atomic E-state index is 13.4. The minimum absolute atomic E-state index is 0.183. The summed E-state index contributed by atoms with van der Waals surface area (Å²) in [6.45, 7) is 7.72. The fourth-order valence-corrected chi connectivity index (χ4v) is 4.91. The van der Waals surface area contributed by atoms with Gasteiger partial charge in [0.2, 0.25) is 11.8 Å². The zero-order valence-electron chi connectivity index (χ0n) is 18.5. The van der Waals surface area contributed by atoms with E-state index in [1.165, 1.54) is 32.1 Å². The normalized spacial score (nSPS) is 17.6. The first-order valence-corrected chi connectivity index (χ1v) is 11.7. The molecule has 2 fully saturated rings. The minimum Gasteiger partial charge on any atom is -0.340 e. The Morgan fingerprint density at radius 2 is 1.80 bits per heavy atom. The second-order valence-corrected chi connectivity index (χ2v) is 9.32. The first-order chi connectivity index (χ1) is 14.6. The summed E-state index contributed by atoms with van der Waals surface area (Å²) >= 11 is 0. The van der Waals surface area contributed by atoms with Crippen LogP contribution in [0.25, 0.3) is 11.3 Å². The molecular weight excluding hydrogens is 374 g/mol. The summed E-state index contributed by atoms with van der Waals surface area (Å²) < 4.78 is 5.94. The van der Waals surface area contributed by atoms with Crippen LogP contribution >= 0.6 is 0 Å². The molecule has 0 spiro atoms. The van der Waals surface area contributed by atoms with Crippen LogP contribution in [-0.4, -0.2) is 35.6 Å². The van der Waals surface area contributed by atoms with Crippen LogP contribution < -0.4 is 4.90 Å². The lowest BCUT2D eigenvalue weighted by Gasteiger charge is -2.30. The average Bonchev–Trinajstić information content (AvgIpc) is 3.44. The van der Waals surface area contributed by atoms with E-state index < -0.39 is 0 Å². The lowest BCUT2D eigenvalue weighted by molar-refractivity contribution is -0.136. The Morgan fingerprint density at radius 3 is 2.47 bits per heavy atom. The Morgan fingerprint density at radius 1 is 1.10 bits per heavy atom. The van der Waals surface area contributed by atoms with E-state index in [4.69, 9.17) is 4.52 Å². The highest BCUT2D eigenvalue weighted by molar-refractivity contribution is 5.80. The summed E-state index contributed by atoms with van der Waals surface area (Å²) in [6.07, 6.45) is 8.03. The van der Waals surface area contributed by atoms with E-state index in [0.29, 0.717) is 18.4 Å². The molecule has 1 aliphatic heterocycles. The van der Waals surface area contributed by atoms with Gasteiger partial charge in [-0.2, -0.15) is 0 Å². The molecular formula is C25H35N3O2. The molecule has 5 nitrogen and oxygen atoms in total. The molecule has 0 atom stereocenters. The lowest BCUT2D eigenvalue weighted by atomic mass is 10.0. The largest absolute Gasteiger partial charge is 0.340 e. The molecule has 1 aromatic carbocycles. The molecule has 1 aliphatic carbocycles. The molecule has 30 heavy (non-hydrogen) atoms. The fraction of sp³-hybridized carbons (Fsp3) is 0.600. The van der Waals surface area contributed by atoms with Crippen molar-refractivity contribution in [1.82, 2.24) is 10.1 Å². The van der Waals surface area contributed by atoms with Crippen LogP contribution in [0.15, 0.2) is 34.9 Å². The maximum atomic E-state index is 13.4. The van der Waals surface area contributed by atoms with Crippen LogP contribution in [0, 0.1) is 11.8 Å². The van der Waals surface area contributed by atoms with E-state index in [9.17, 15) is 4.79 Å². The van der Waals surface area contributed by atoms with Gasteiger partial charge in [0.15, 0.2) is 0 Å². The number of carbonyl (C=O) groups excluding carboxylic acids is 1. The highest BCUT2D eigenvalue weighted by atomic mass is 16.5. The van der Waals surface area contributed by atoms with E-state index in [1.807, 2.05) is 18.2 Å². The average molecular weight is 410 g/mol. The molecule has 162 valence electrons. The van der Waals surface area contributed by atoms with Crippen molar-refractivity contribution in [1.29, 1.82) is 0 Å². The number of amides is 1. The highest BCUT2D eigenvalue weighted by Gasteiger charge is 2.31. The molecule has 1 amide bonds. The Hall–Kier alpha value is -2.30. The molecule has 2 aromatic rings. The third kappa shape index (κ3) is 4.71. The first kappa shape index (κ1) is 21.0. The Balaban J connectivity index is 1.68. The second-order valence-electron chi connectivity index (χ2n) is 9.32. The number of rotatable bonds is 7. The highest BCUT2D eigenvalue weighted by Crippen LogP contribution is 2.35. The number of hydrogen-bond donors (Lipinski definition) is 0. The van der Waals surface area contributed by atoms with Crippen molar-refractivity contribution in [3.05, 3.63) is 35.9 Å². The van der Waals surface area contributed by atoms with Crippen LogP contribution in [0.4, 0.5) is 5.88 Å². The SMILES string of the molecule is CC(C)CN(Cc1c(-c2ccccc2)noc1N1CCCCC1)C(=O)C1CCCC1. The monoisotopic (exact) mass is 409 g/mol. The Labute approximate surface area is 180 Å². The van der Waals surface area contributed by atoms with Crippen molar-refractivity contribution in [3.63, 3.8) is 0 Å². The van der Waals surface area contributed by atoms with Crippen LogP contribution in [0.2, 0.25) is 0 Å². The molecule has 1 saturated heterocycles. The van der Waals surface area contributed by atoms with Gasteiger partial charge in [0, 0.05) is 31.1 Å². The number of benzene rings is 1. The van der Waals surface area contributed by atoms with E-state index in [1.54, 1.807) is 0 Å². The predicted molar refractivity (Wildman–Crippen MR) is 120 cm³/mol. The number of nitrogens with zero attached hydrogens (tertiary/aromatic N) is 3. The number of hydrogen-bond acceptors (Lipinski definition) is 4. The van der Waals surface area contributed by atoms with Crippen LogP contribution in [0.1, 0.15) is 64.4 Å². The van der Waals surface area contributed by atoms with Gasteiger partial charge in [-0.1, -0.05) is 62.2 Å². The number of aromatic nitrogens is 1. The Bertz CT molecular complexity index is 818. The number of piperidine rings is 1. The van der Waals surface area contributed by atoms with Gasteiger partial charge in [0.25, 0.3) is 0 Å². The predicted octanol–water partition coefficient (Wildman–Crippen LogP) is 5.51. The van der Waals surface area contributed by atoms with Crippen molar-refractivity contribution in [2.75, 3.05) is 24.5 Å². The zero-order valence-corrected chi connectivity index (χ0v) is 18.5. The first-order valence-electron chi connectivity index (χ1n) is 11.7. The van der Waals surface area contributed by atoms with E-state index in [0.717, 1.165) is 55.2 Å². The molecule has 2 heterocycles. The summed E-state index contributed by atoms with van der Waals surface area (Å²) in [7, 11) is 0. The fourth-order valence-electron chi connectivity index (χ4n) is 4.91. The van der Waals surface area contributed by atoms with Crippen molar-refractivity contribution in [2.45, 2.75) is 65.3 Å². The maximum Gasteiger partial charge on any atom is 0.232 e. The molecule has 5 heteroatoms. The second kappa shape index (κ2) is 9.67. The topological polar surface area (TPSA) is 49.6 Å². The summed E-state index contributed by atoms with van der Waals surface area (Å²) in [5, 5.41) is 4.50. The van der Waals surface area contributed by atoms with Crippen molar-refractivity contribution < 1.29 is 9.32 Å². The lowest BCUT2D eigenvalue weighted by Crippen LogP contribution is -2.38. The molecule has 1 saturated carbocycles. The van der Waals surface area contributed by atoms with Crippen molar-refractivity contribution in [3.8, 4) is 11.3 Å². The summed E-state index contributed by atoms with van der Waals surface area (Å²) in [4.78, 5) is 17.8. The molecule has 0 radical (unpaired) electrons. The van der Waals surface area contributed by atoms with E-state index >= 15 is 0 Å². The smallest absolute Gasteiger partial charge is 0.232 e. The summed E-state index contributed by atoms with van der Waals surface area (Å²) in [6, 6.07) is 10.2. The molecule has 0 bridgehead atoms. The van der Waals surface area contributed by atoms with Gasteiger partial charge in [-0.3, -0.25) is 4.79 Å². The van der Waals surface area contributed by atoms with Gasteiger partial charge >= 0.3 is 0 Å².